The minimum absolute atomic E-state index is 0.0829. The number of hydrazine groups is 1. The van der Waals surface area contributed by atoms with Gasteiger partial charge in [-0.05, 0) is 26.7 Å². The summed E-state index contributed by atoms with van der Waals surface area (Å²) in [5.74, 6) is 5.57. The van der Waals surface area contributed by atoms with E-state index in [1.165, 1.54) is 32.1 Å². The van der Waals surface area contributed by atoms with Gasteiger partial charge in [0, 0.05) is 13.2 Å². The van der Waals surface area contributed by atoms with E-state index in [0.29, 0.717) is 6.04 Å². The standard InChI is InChI=1S/C13H30N2O/c1-5-6-7-8-9-10-12(15-14)11-13(2,3)16-4/h12,15H,5-11,14H2,1-4H3. The van der Waals surface area contributed by atoms with E-state index < -0.39 is 0 Å². The van der Waals surface area contributed by atoms with Crippen LogP contribution in [-0.4, -0.2) is 18.8 Å². The number of methoxy groups -OCH3 is 1. The van der Waals surface area contributed by atoms with Crippen molar-refractivity contribution in [3.8, 4) is 0 Å². The number of rotatable bonds is 10. The van der Waals surface area contributed by atoms with Crippen LogP contribution in [0.5, 0.6) is 0 Å². The van der Waals surface area contributed by atoms with E-state index in [2.05, 4.69) is 26.2 Å². The maximum atomic E-state index is 5.57. The Morgan fingerprint density at radius 3 is 2.31 bits per heavy atom. The molecule has 3 N–H and O–H groups in total. The first-order valence-corrected chi connectivity index (χ1v) is 6.57. The predicted molar refractivity (Wildman–Crippen MR) is 70.2 cm³/mol. The van der Waals surface area contributed by atoms with Gasteiger partial charge >= 0.3 is 0 Å². The summed E-state index contributed by atoms with van der Waals surface area (Å²) in [6.45, 7) is 6.45. The molecule has 0 amide bonds. The first kappa shape index (κ1) is 15.9. The van der Waals surface area contributed by atoms with Gasteiger partial charge in [0.1, 0.15) is 0 Å². The SMILES string of the molecule is CCCCCCCC(CC(C)(C)OC)NN. The van der Waals surface area contributed by atoms with Gasteiger partial charge in [0.05, 0.1) is 5.60 Å². The van der Waals surface area contributed by atoms with Gasteiger partial charge in [-0.3, -0.25) is 11.3 Å². The van der Waals surface area contributed by atoms with E-state index in [1.54, 1.807) is 7.11 Å². The maximum Gasteiger partial charge on any atom is 0.0638 e. The summed E-state index contributed by atoms with van der Waals surface area (Å²) < 4.78 is 5.42. The fourth-order valence-electron chi connectivity index (χ4n) is 1.92. The Morgan fingerprint density at radius 2 is 1.81 bits per heavy atom. The molecule has 0 aromatic carbocycles. The van der Waals surface area contributed by atoms with Crippen molar-refractivity contribution in [1.29, 1.82) is 0 Å². The van der Waals surface area contributed by atoms with Crippen LogP contribution in [0.15, 0.2) is 0 Å². The zero-order valence-electron chi connectivity index (χ0n) is 11.5. The highest BCUT2D eigenvalue weighted by Gasteiger charge is 2.21. The van der Waals surface area contributed by atoms with E-state index in [4.69, 9.17) is 10.6 Å². The zero-order valence-corrected chi connectivity index (χ0v) is 11.5. The van der Waals surface area contributed by atoms with Crippen molar-refractivity contribution in [1.82, 2.24) is 5.43 Å². The Labute approximate surface area is 101 Å². The fraction of sp³-hybridized carbons (Fsp3) is 1.00. The molecule has 0 aliphatic carbocycles. The molecule has 3 heteroatoms. The van der Waals surface area contributed by atoms with Crippen molar-refractivity contribution < 1.29 is 4.74 Å². The molecule has 1 atom stereocenters. The van der Waals surface area contributed by atoms with Crippen LogP contribution in [-0.2, 0) is 4.74 Å². The van der Waals surface area contributed by atoms with Gasteiger partial charge in [-0.15, -0.1) is 0 Å². The number of ether oxygens (including phenoxy) is 1. The Kier molecular flexibility index (Phi) is 8.90. The number of unbranched alkanes of at least 4 members (excludes halogenated alkanes) is 4. The van der Waals surface area contributed by atoms with Crippen LogP contribution >= 0.6 is 0 Å². The van der Waals surface area contributed by atoms with Crippen LogP contribution < -0.4 is 11.3 Å². The lowest BCUT2D eigenvalue weighted by Crippen LogP contribution is -2.41. The van der Waals surface area contributed by atoms with Crippen molar-refractivity contribution in [2.75, 3.05) is 7.11 Å². The largest absolute Gasteiger partial charge is 0.379 e. The van der Waals surface area contributed by atoms with E-state index in [9.17, 15) is 0 Å². The van der Waals surface area contributed by atoms with Gasteiger partial charge in [0.2, 0.25) is 0 Å². The van der Waals surface area contributed by atoms with Gasteiger partial charge in [0.15, 0.2) is 0 Å². The molecular weight excluding hydrogens is 200 g/mol. The van der Waals surface area contributed by atoms with Crippen LogP contribution in [0.2, 0.25) is 0 Å². The second-order valence-corrected chi connectivity index (χ2v) is 5.23. The van der Waals surface area contributed by atoms with Gasteiger partial charge < -0.3 is 4.74 Å². The summed E-state index contributed by atoms with van der Waals surface area (Å²) >= 11 is 0. The lowest BCUT2D eigenvalue weighted by atomic mass is 9.95. The average molecular weight is 230 g/mol. The molecule has 0 saturated heterocycles. The molecule has 0 spiro atoms. The topological polar surface area (TPSA) is 47.3 Å². The highest BCUT2D eigenvalue weighted by atomic mass is 16.5. The lowest BCUT2D eigenvalue weighted by molar-refractivity contribution is 0.00616. The number of hydrogen-bond donors (Lipinski definition) is 2. The third-order valence-electron chi connectivity index (χ3n) is 3.18. The molecule has 0 radical (unpaired) electrons. The van der Waals surface area contributed by atoms with Crippen LogP contribution in [0.25, 0.3) is 0 Å². The molecule has 0 aromatic heterocycles. The van der Waals surface area contributed by atoms with Crippen molar-refractivity contribution in [3.05, 3.63) is 0 Å². The molecule has 0 aliphatic heterocycles. The molecule has 98 valence electrons. The highest BCUT2D eigenvalue weighted by molar-refractivity contribution is 4.76. The van der Waals surface area contributed by atoms with Crippen LogP contribution in [0.4, 0.5) is 0 Å². The molecule has 0 heterocycles. The Balaban J connectivity index is 3.67. The van der Waals surface area contributed by atoms with Crippen molar-refractivity contribution in [2.24, 2.45) is 5.84 Å². The highest BCUT2D eigenvalue weighted by Crippen LogP contribution is 2.18. The quantitative estimate of drug-likeness (QED) is 0.344. The third-order valence-corrected chi connectivity index (χ3v) is 3.18. The number of nitrogens with two attached hydrogens (primary N) is 1. The molecule has 0 fully saturated rings. The lowest BCUT2D eigenvalue weighted by Gasteiger charge is -2.28. The molecule has 0 aromatic rings. The fourth-order valence-corrected chi connectivity index (χ4v) is 1.92. The predicted octanol–water partition coefficient (Wildman–Crippen LogP) is 2.99. The summed E-state index contributed by atoms with van der Waals surface area (Å²) in [6.07, 6.45) is 8.69. The first-order valence-electron chi connectivity index (χ1n) is 6.57. The van der Waals surface area contributed by atoms with Crippen LogP contribution in [0, 0.1) is 0 Å². The van der Waals surface area contributed by atoms with Gasteiger partial charge in [-0.1, -0.05) is 39.0 Å². The normalized spacial score (nSPS) is 14.1. The van der Waals surface area contributed by atoms with E-state index >= 15 is 0 Å². The average Bonchev–Trinajstić information content (AvgIpc) is 2.27. The first-order chi connectivity index (χ1) is 7.55. The van der Waals surface area contributed by atoms with Gasteiger partial charge in [-0.25, -0.2) is 0 Å². The molecule has 16 heavy (non-hydrogen) atoms. The summed E-state index contributed by atoms with van der Waals surface area (Å²) in [7, 11) is 1.76. The number of hydrogen-bond acceptors (Lipinski definition) is 3. The third kappa shape index (κ3) is 8.08. The van der Waals surface area contributed by atoms with Gasteiger partial charge in [-0.2, -0.15) is 0 Å². The Hall–Kier alpha value is -0.120. The van der Waals surface area contributed by atoms with Crippen molar-refractivity contribution in [3.63, 3.8) is 0 Å². The molecular formula is C13H30N2O. The van der Waals surface area contributed by atoms with E-state index in [-0.39, 0.29) is 5.60 Å². The molecule has 0 rings (SSSR count). The molecule has 0 bridgehead atoms. The number of nitrogens with one attached hydrogen (secondary N) is 1. The molecule has 3 nitrogen and oxygen atoms in total. The summed E-state index contributed by atoms with van der Waals surface area (Å²) in [4.78, 5) is 0. The second-order valence-electron chi connectivity index (χ2n) is 5.23. The van der Waals surface area contributed by atoms with E-state index in [0.717, 1.165) is 12.8 Å². The molecule has 0 aliphatic rings. The smallest absolute Gasteiger partial charge is 0.0638 e. The summed E-state index contributed by atoms with van der Waals surface area (Å²) in [5.41, 5.74) is 2.82. The minimum Gasteiger partial charge on any atom is -0.379 e. The van der Waals surface area contributed by atoms with Gasteiger partial charge in [0.25, 0.3) is 0 Å². The summed E-state index contributed by atoms with van der Waals surface area (Å²) in [6, 6.07) is 0.372. The Morgan fingerprint density at radius 1 is 1.19 bits per heavy atom. The zero-order chi connectivity index (χ0) is 12.4. The van der Waals surface area contributed by atoms with Crippen LogP contribution in [0.1, 0.15) is 65.7 Å². The Bertz CT molecular complexity index is 160. The maximum absolute atomic E-state index is 5.57. The summed E-state index contributed by atoms with van der Waals surface area (Å²) in [5, 5.41) is 0. The molecule has 0 saturated carbocycles. The van der Waals surface area contributed by atoms with Crippen LogP contribution in [0.3, 0.4) is 0 Å². The van der Waals surface area contributed by atoms with Crippen molar-refractivity contribution in [2.45, 2.75) is 77.4 Å². The molecule has 1 unspecified atom stereocenters. The second kappa shape index (κ2) is 8.97. The minimum atomic E-state index is -0.0829. The monoisotopic (exact) mass is 230 g/mol. The van der Waals surface area contributed by atoms with E-state index in [1.807, 2.05) is 0 Å². The van der Waals surface area contributed by atoms with Crippen molar-refractivity contribution >= 4 is 0 Å².